The molecule has 0 aliphatic rings. The van der Waals surface area contributed by atoms with E-state index in [0.717, 1.165) is 12.1 Å². The maximum Gasteiger partial charge on any atom is 0.416 e. The molecule has 0 saturated carbocycles. The maximum atomic E-state index is 12.5. The molecule has 2 rings (SSSR count). The molecule has 96 valence electrons. The molecule has 2 nitrogen and oxygen atoms in total. The summed E-state index contributed by atoms with van der Waals surface area (Å²) in [5.41, 5.74) is -0.670. The summed E-state index contributed by atoms with van der Waals surface area (Å²) in [7, 11) is 0. The van der Waals surface area contributed by atoms with Gasteiger partial charge in [0.1, 0.15) is 11.9 Å². The van der Waals surface area contributed by atoms with Crippen LogP contribution in [-0.2, 0) is 6.18 Å². The summed E-state index contributed by atoms with van der Waals surface area (Å²) in [6.45, 7) is 0. The summed E-state index contributed by atoms with van der Waals surface area (Å²) in [4.78, 5) is 0. The van der Waals surface area contributed by atoms with E-state index >= 15 is 0 Å². The average molecular weight is 321 g/mol. The minimum Gasteiger partial charge on any atom is -0.451 e. The van der Waals surface area contributed by atoms with Crippen molar-refractivity contribution in [2.24, 2.45) is 0 Å². The van der Waals surface area contributed by atoms with Crippen LogP contribution in [0.4, 0.5) is 13.2 Å². The Labute approximate surface area is 109 Å². The Hall–Kier alpha value is -1.27. The number of aliphatic hydroxyl groups excluding tert-OH is 1. The first-order valence-electron chi connectivity index (χ1n) is 4.98. The van der Waals surface area contributed by atoms with Crippen molar-refractivity contribution in [3.63, 3.8) is 0 Å². The molecule has 6 heteroatoms. The molecule has 0 saturated heterocycles. The minimum atomic E-state index is -4.43. The molecule has 1 unspecified atom stereocenters. The van der Waals surface area contributed by atoms with Gasteiger partial charge in [-0.2, -0.15) is 13.2 Å². The standard InChI is InChI=1S/C12H8BrF3O2/c13-10-5-4-9(18-10)11(17)7-2-1-3-8(6-7)12(14,15)16/h1-6,11,17H. The van der Waals surface area contributed by atoms with E-state index < -0.39 is 17.8 Å². The van der Waals surface area contributed by atoms with Crippen LogP contribution in [-0.4, -0.2) is 5.11 Å². The van der Waals surface area contributed by atoms with E-state index in [1.54, 1.807) is 6.07 Å². The highest BCUT2D eigenvalue weighted by Gasteiger charge is 2.31. The van der Waals surface area contributed by atoms with Crippen LogP contribution in [0.5, 0.6) is 0 Å². The van der Waals surface area contributed by atoms with Crippen molar-refractivity contribution in [2.45, 2.75) is 12.3 Å². The summed E-state index contributed by atoms with van der Waals surface area (Å²) in [5, 5.41) is 9.91. The molecule has 0 bridgehead atoms. The third-order valence-electron chi connectivity index (χ3n) is 2.39. The van der Waals surface area contributed by atoms with E-state index in [2.05, 4.69) is 15.9 Å². The Morgan fingerprint density at radius 3 is 2.44 bits per heavy atom. The van der Waals surface area contributed by atoms with Crippen molar-refractivity contribution in [1.82, 2.24) is 0 Å². The van der Waals surface area contributed by atoms with Crippen LogP contribution < -0.4 is 0 Å². The Morgan fingerprint density at radius 1 is 1.17 bits per heavy atom. The molecule has 1 heterocycles. The molecule has 2 aromatic rings. The van der Waals surface area contributed by atoms with Gasteiger partial charge in [-0.05, 0) is 45.8 Å². The molecule has 1 N–H and O–H groups in total. The smallest absolute Gasteiger partial charge is 0.416 e. The third kappa shape index (κ3) is 2.76. The van der Waals surface area contributed by atoms with Crippen LogP contribution in [0.25, 0.3) is 0 Å². The zero-order valence-corrected chi connectivity index (χ0v) is 10.5. The molecule has 1 aromatic carbocycles. The molecule has 1 aromatic heterocycles. The summed E-state index contributed by atoms with van der Waals surface area (Å²) in [5.74, 6) is 0.182. The number of alkyl halides is 3. The molecule has 0 aliphatic carbocycles. The number of furan rings is 1. The predicted octanol–water partition coefficient (Wildman–Crippen LogP) is 4.14. The number of hydrogen-bond acceptors (Lipinski definition) is 2. The molecule has 18 heavy (non-hydrogen) atoms. The van der Waals surface area contributed by atoms with Crippen molar-refractivity contribution < 1.29 is 22.7 Å². The van der Waals surface area contributed by atoms with Gasteiger partial charge in [-0.15, -0.1) is 0 Å². The first-order chi connectivity index (χ1) is 8.38. The molecule has 0 amide bonds. The van der Waals surface area contributed by atoms with Crippen LogP contribution >= 0.6 is 15.9 Å². The second-order valence-electron chi connectivity index (χ2n) is 3.67. The van der Waals surface area contributed by atoms with Crippen molar-refractivity contribution in [2.75, 3.05) is 0 Å². The number of benzene rings is 1. The van der Waals surface area contributed by atoms with Gasteiger partial charge in [-0.3, -0.25) is 0 Å². The van der Waals surface area contributed by atoms with E-state index in [1.165, 1.54) is 18.2 Å². The second kappa shape index (κ2) is 4.78. The van der Waals surface area contributed by atoms with Crippen molar-refractivity contribution in [3.05, 3.63) is 58.0 Å². The highest BCUT2D eigenvalue weighted by Crippen LogP contribution is 2.32. The highest BCUT2D eigenvalue weighted by molar-refractivity contribution is 9.10. The molecular formula is C12H8BrF3O2. The van der Waals surface area contributed by atoms with Gasteiger partial charge in [-0.1, -0.05) is 12.1 Å². The van der Waals surface area contributed by atoms with E-state index in [1.807, 2.05) is 0 Å². The van der Waals surface area contributed by atoms with E-state index in [-0.39, 0.29) is 11.3 Å². The Balaban J connectivity index is 2.34. The SMILES string of the molecule is OC(c1cccc(C(F)(F)F)c1)c1ccc(Br)o1. The molecular weight excluding hydrogens is 313 g/mol. The summed E-state index contributed by atoms with van der Waals surface area (Å²) in [6.07, 6.45) is -5.65. The van der Waals surface area contributed by atoms with E-state index in [9.17, 15) is 18.3 Å². The normalized spacial score (nSPS) is 13.6. The molecule has 0 radical (unpaired) electrons. The number of aliphatic hydroxyl groups is 1. The quantitative estimate of drug-likeness (QED) is 0.902. The summed E-state index contributed by atoms with van der Waals surface area (Å²) in [6, 6.07) is 7.58. The molecule has 0 spiro atoms. The van der Waals surface area contributed by atoms with Crippen LogP contribution in [0, 0.1) is 0 Å². The number of halogens is 4. The predicted molar refractivity (Wildman–Crippen MR) is 61.9 cm³/mol. The van der Waals surface area contributed by atoms with Gasteiger partial charge in [-0.25, -0.2) is 0 Å². The van der Waals surface area contributed by atoms with Crippen LogP contribution in [0.3, 0.4) is 0 Å². The van der Waals surface area contributed by atoms with Crippen LogP contribution in [0.15, 0.2) is 45.5 Å². The Kier molecular flexibility index (Phi) is 3.49. The van der Waals surface area contributed by atoms with Crippen LogP contribution in [0.1, 0.15) is 23.0 Å². The second-order valence-corrected chi connectivity index (χ2v) is 4.45. The first-order valence-corrected chi connectivity index (χ1v) is 5.77. The Morgan fingerprint density at radius 2 is 1.89 bits per heavy atom. The van der Waals surface area contributed by atoms with Crippen LogP contribution in [0.2, 0.25) is 0 Å². The van der Waals surface area contributed by atoms with Gasteiger partial charge in [0.25, 0.3) is 0 Å². The molecule has 0 aliphatic heterocycles. The van der Waals surface area contributed by atoms with Gasteiger partial charge >= 0.3 is 6.18 Å². The van der Waals surface area contributed by atoms with E-state index in [0.29, 0.717) is 4.67 Å². The van der Waals surface area contributed by atoms with E-state index in [4.69, 9.17) is 4.42 Å². The summed E-state index contributed by atoms with van der Waals surface area (Å²) >= 11 is 3.06. The topological polar surface area (TPSA) is 33.4 Å². The Bertz CT molecular complexity index is 548. The average Bonchev–Trinajstić information content (AvgIpc) is 2.74. The lowest BCUT2D eigenvalue weighted by Crippen LogP contribution is -2.07. The highest BCUT2D eigenvalue weighted by atomic mass is 79.9. The van der Waals surface area contributed by atoms with Gasteiger partial charge in [0.15, 0.2) is 4.67 Å². The van der Waals surface area contributed by atoms with Gasteiger partial charge in [0.05, 0.1) is 5.56 Å². The molecule has 1 atom stereocenters. The van der Waals surface area contributed by atoms with Crippen molar-refractivity contribution in [1.29, 1.82) is 0 Å². The van der Waals surface area contributed by atoms with Gasteiger partial charge in [0.2, 0.25) is 0 Å². The lowest BCUT2D eigenvalue weighted by Gasteiger charge is -2.11. The monoisotopic (exact) mass is 320 g/mol. The largest absolute Gasteiger partial charge is 0.451 e. The third-order valence-corrected chi connectivity index (χ3v) is 2.82. The van der Waals surface area contributed by atoms with Gasteiger partial charge in [0, 0.05) is 0 Å². The lowest BCUT2D eigenvalue weighted by atomic mass is 10.0. The zero-order chi connectivity index (χ0) is 13.3. The fraction of sp³-hybridized carbons (Fsp3) is 0.167. The summed E-state index contributed by atoms with van der Waals surface area (Å²) < 4.78 is 43.1. The minimum absolute atomic E-state index is 0.131. The maximum absolute atomic E-state index is 12.5. The first kappa shape index (κ1) is 13.2. The van der Waals surface area contributed by atoms with Crippen molar-refractivity contribution >= 4 is 15.9 Å². The fourth-order valence-electron chi connectivity index (χ4n) is 1.52. The number of hydrogen-bond donors (Lipinski definition) is 1. The lowest BCUT2D eigenvalue weighted by molar-refractivity contribution is -0.137. The van der Waals surface area contributed by atoms with Crippen molar-refractivity contribution in [3.8, 4) is 0 Å². The fourth-order valence-corrected chi connectivity index (χ4v) is 1.84. The zero-order valence-electron chi connectivity index (χ0n) is 8.91. The van der Waals surface area contributed by atoms with Gasteiger partial charge < -0.3 is 9.52 Å². The number of rotatable bonds is 2. The molecule has 0 fully saturated rings.